The molecule has 2 aromatic heterocycles. The summed E-state index contributed by atoms with van der Waals surface area (Å²) in [5.41, 5.74) is 2.16. The van der Waals surface area contributed by atoms with Gasteiger partial charge in [0.15, 0.2) is 5.76 Å². The fraction of sp³-hybridized carbons (Fsp3) is 0.350. The highest BCUT2D eigenvalue weighted by Gasteiger charge is 2.20. The van der Waals surface area contributed by atoms with Crippen LogP contribution in [0.15, 0.2) is 51.5 Å². The van der Waals surface area contributed by atoms with E-state index in [1.165, 1.54) is 5.56 Å². The zero-order chi connectivity index (χ0) is 17.8. The van der Waals surface area contributed by atoms with Gasteiger partial charge in [-0.2, -0.15) is 0 Å². The number of ether oxygens (including phenoxy) is 1. The highest BCUT2D eigenvalue weighted by atomic mass is 16.5. The van der Waals surface area contributed by atoms with Gasteiger partial charge in [0.25, 0.3) is 5.89 Å². The monoisotopic (exact) mass is 340 g/mol. The van der Waals surface area contributed by atoms with E-state index in [9.17, 15) is 0 Å². The second kappa shape index (κ2) is 7.57. The van der Waals surface area contributed by atoms with Crippen LogP contribution in [0.25, 0.3) is 11.7 Å². The van der Waals surface area contributed by atoms with Gasteiger partial charge in [-0.3, -0.25) is 4.90 Å². The van der Waals surface area contributed by atoms with Gasteiger partial charge in [-0.25, -0.2) is 4.98 Å². The van der Waals surface area contributed by atoms with Crippen LogP contribution in [0.5, 0.6) is 5.75 Å². The van der Waals surface area contributed by atoms with Crippen LogP contribution < -0.4 is 4.74 Å². The first-order valence-corrected chi connectivity index (χ1v) is 8.46. The molecule has 2 heterocycles. The number of methoxy groups -OCH3 is 1. The summed E-state index contributed by atoms with van der Waals surface area (Å²) in [6.45, 7) is 4.82. The molecule has 25 heavy (non-hydrogen) atoms. The summed E-state index contributed by atoms with van der Waals surface area (Å²) in [6.07, 6.45) is 2.61. The third-order valence-corrected chi connectivity index (χ3v) is 4.42. The van der Waals surface area contributed by atoms with Crippen molar-refractivity contribution in [3.8, 4) is 17.4 Å². The molecule has 1 atom stereocenters. The molecule has 1 aromatic carbocycles. The molecule has 5 nitrogen and oxygen atoms in total. The number of oxazole rings is 1. The Morgan fingerprint density at radius 1 is 1.24 bits per heavy atom. The minimum atomic E-state index is 0.276. The molecule has 0 saturated heterocycles. The van der Waals surface area contributed by atoms with E-state index >= 15 is 0 Å². The summed E-state index contributed by atoms with van der Waals surface area (Å²) < 4.78 is 16.5. The van der Waals surface area contributed by atoms with E-state index in [0.29, 0.717) is 18.2 Å². The fourth-order valence-corrected chi connectivity index (χ4v) is 3.08. The number of furan rings is 1. The molecule has 0 radical (unpaired) electrons. The number of benzene rings is 1. The lowest BCUT2D eigenvalue weighted by Gasteiger charge is -2.27. The summed E-state index contributed by atoms with van der Waals surface area (Å²) in [7, 11) is 3.80. The number of nitrogens with zero attached hydrogens (tertiary/aromatic N) is 2. The Balaban J connectivity index is 1.79. The van der Waals surface area contributed by atoms with Gasteiger partial charge in [0, 0.05) is 12.6 Å². The van der Waals surface area contributed by atoms with Crippen LogP contribution in [-0.4, -0.2) is 24.0 Å². The second-order valence-electron chi connectivity index (χ2n) is 6.11. The zero-order valence-corrected chi connectivity index (χ0v) is 15.2. The van der Waals surface area contributed by atoms with Crippen LogP contribution in [0.4, 0.5) is 0 Å². The summed E-state index contributed by atoms with van der Waals surface area (Å²) in [6, 6.07) is 12.2. The topological polar surface area (TPSA) is 51.6 Å². The SMILES string of the molecule is CCC(c1cccc(OC)c1)N(C)Cc1nc(-c2ccco2)oc1C. The van der Waals surface area contributed by atoms with Crippen molar-refractivity contribution < 1.29 is 13.6 Å². The van der Waals surface area contributed by atoms with Gasteiger partial charge in [0.05, 0.1) is 19.1 Å². The number of rotatable bonds is 7. The molecular formula is C20H24N2O3. The molecule has 0 spiro atoms. The predicted molar refractivity (Wildman–Crippen MR) is 96.4 cm³/mol. The number of aryl methyl sites for hydroxylation is 1. The summed E-state index contributed by atoms with van der Waals surface area (Å²) in [4.78, 5) is 6.89. The molecule has 0 fully saturated rings. The highest BCUT2D eigenvalue weighted by Crippen LogP contribution is 2.29. The lowest BCUT2D eigenvalue weighted by atomic mass is 10.0. The highest BCUT2D eigenvalue weighted by molar-refractivity contribution is 5.44. The number of hydrogen-bond acceptors (Lipinski definition) is 5. The summed E-state index contributed by atoms with van der Waals surface area (Å²) >= 11 is 0. The maximum Gasteiger partial charge on any atom is 0.263 e. The molecular weight excluding hydrogens is 316 g/mol. The minimum Gasteiger partial charge on any atom is -0.497 e. The van der Waals surface area contributed by atoms with Gasteiger partial charge in [0.1, 0.15) is 11.5 Å². The van der Waals surface area contributed by atoms with Crippen LogP contribution in [0.1, 0.15) is 36.4 Å². The molecule has 0 aliphatic carbocycles. The van der Waals surface area contributed by atoms with Gasteiger partial charge in [-0.05, 0) is 50.2 Å². The molecule has 5 heteroatoms. The van der Waals surface area contributed by atoms with E-state index in [1.807, 2.05) is 31.2 Å². The Labute approximate surface area is 148 Å². The van der Waals surface area contributed by atoms with Crippen molar-refractivity contribution in [2.75, 3.05) is 14.2 Å². The number of aromatic nitrogens is 1. The first-order valence-electron chi connectivity index (χ1n) is 8.46. The summed E-state index contributed by atoms with van der Waals surface area (Å²) in [5.74, 6) is 2.87. The molecule has 0 amide bonds. The molecule has 0 aliphatic rings. The maximum absolute atomic E-state index is 5.76. The summed E-state index contributed by atoms with van der Waals surface area (Å²) in [5, 5.41) is 0. The third kappa shape index (κ3) is 3.77. The van der Waals surface area contributed by atoms with E-state index < -0.39 is 0 Å². The first kappa shape index (κ1) is 17.3. The molecule has 0 N–H and O–H groups in total. The van der Waals surface area contributed by atoms with Crippen LogP contribution in [0.3, 0.4) is 0 Å². The van der Waals surface area contributed by atoms with Crippen LogP contribution >= 0.6 is 0 Å². The van der Waals surface area contributed by atoms with Gasteiger partial charge in [-0.1, -0.05) is 19.1 Å². The molecule has 132 valence electrons. The largest absolute Gasteiger partial charge is 0.497 e. The van der Waals surface area contributed by atoms with Gasteiger partial charge in [-0.15, -0.1) is 0 Å². The van der Waals surface area contributed by atoms with Gasteiger partial charge in [0.2, 0.25) is 0 Å². The molecule has 0 bridgehead atoms. The Kier molecular flexibility index (Phi) is 5.24. The van der Waals surface area contributed by atoms with E-state index in [4.69, 9.17) is 13.6 Å². The van der Waals surface area contributed by atoms with Crippen LogP contribution in [0.2, 0.25) is 0 Å². The molecule has 0 saturated carbocycles. The smallest absolute Gasteiger partial charge is 0.263 e. The molecule has 0 aliphatic heterocycles. The lowest BCUT2D eigenvalue weighted by molar-refractivity contribution is 0.226. The van der Waals surface area contributed by atoms with Crippen LogP contribution in [0, 0.1) is 6.92 Å². The van der Waals surface area contributed by atoms with E-state index in [1.54, 1.807) is 13.4 Å². The number of hydrogen-bond donors (Lipinski definition) is 0. The van der Waals surface area contributed by atoms with Crippen molar-refractivity contribution in [3.05, 3.63) is 59.7 Å². The Bertz CT molecular complexity index is 808. The lowest BCUT2D eigenvalue weighted by Crippen LogP contribution is -2.24. The quantitative estimate of drug-likeness (QED) is 0.616. The Morgan fingerprint density at radius 2 is 2.08 bits per heavy atom. The first-order chi connectivity index (χ1) is 12.1. The maximum atomic E-state index is 5.76. The van der Waals surface area contributed by atoms with E-state index in [0.717, 1.165) is 23.6 Å². The van der Waals surface area contributed by atoms with Crippen molar-refractivity contribution in [2.24, 2.45) is 0 Å². The molecule has 3 aromatic rings. The van der Waals surface area contributed by atoms with Crippen LogP contribution in [-0.2, 0) is 6.54 Å². The molecule has 3 rings (SSSR count). The normalized spacial score (nSPS) is 12.5. The van der Waals surface area contributed by atoms with Crippen molar-refractivity contribution in [3.63, 3.8) is 0 Å². The average molecular weight is 340 g/mol. The van der Waals surface area contributed by atoms with Crippen molar-refractivity contribution in [2.45, 2.75) is 32.9 Å². The zero-order valence-electron chi connectivity index (χ0n) is 15.2. The second-order valence-corrected chi connectivity index (χ2v) is 6.11. The fourth-order valence-electron chi connectivity index (χ4n) is 3.08. The minimum absolute atomic E-state index is 0.276. The third-order valence-electron chi connectivity index (χ3n) is 4.42. The van der Waals surface area contributed by atoms with E-state index in [2.05, 4.69) is 36.0 Å². The Morgan fingerprint density at radius 3 is 2.76 bits per heavy atom. The standard InChI is InChI=1S/C20H24N2O3/c1-5-18(15-8-6-9-16(12-15)23-4)22(3)13-17-14(2)25-20(21-17)19-10-7-11-24-19/h6-12,18H,5,13H2,1-4H3. The predicted octanol–water partition coefficient (Wildman–Crippen LogP) is 4.83. The average Bonchev–Trinajstić information content (AvgIpc) is 3.26. The van der Waals surface area contributed by atoms with E-state index in [-0.39, 0.29) is 6.04 Å². The van der Waals surface area contributed by atoms with Crippen molar-refractivity contribution in [1.82, 2.24) is 9.88 Å². The Hall–Kier alpha value is -2.53. The van der Waals surface area contributed by atoms with Crippen molar-refractivity contribution >= 4 is 0 Å². The van der Waals surface area contributed by atoms with Crippen molar-refractivity contribution in [1.29, 1.82) is 0 Å². The molecule has 1 unspecified atom stereocenters. The van der Waals surface area contributed by atoms with Gasteiger partial charge >= 0.3 is 0 Å². The van der Waals surface area contributed by atoms with Gasteiger partial charge < -0.3 is 13.6 Å².